The summed E-state index contributed by atoms with van der Waals surface area (Å²) in [5.41, 5.74) is 1.14. The van der Waals surface area contributed by atoms with E-state index < -0.39 is 11.5 Å². The monoisotopic (exact) mass is 408 g/mol. The highest BCUT2D eigenvalue weighted by Crippen LogP contribution is 2.37. The summed E-state index contributed by atoms with van der Waals surface area (Å²) in [5.74, 6) is -0.971. The molecule has 1 aliphatic rings. The van der Waals surface area contributed by atoms with Gasteiger partial charge in [0.2, 0.25) is 5.56 Å². The van der Waals surface area contributed by atoms with Crippen LogP contribution in [-0.2, 0) is 9.53 Å². The van der Waals surface area contributed by atoms with Crippen molar-refractivity contribution < 1.29 is 14.3 Å². The topological polar surface area (TPSA) is 79.5 Å². The number of hydrogen-bond donors (Lipinski definition) is 1. The van der Waals surface area contributed by atoms with Gasteiger partial charge in [0.15, 0.2) is 6.61 Å². The number of pyridine rings is 1. The van der Waals surface area contributed by atoms with Crippen LogP contribution in [0.25, 0.3) is 10.9 Å². The van der Waals surface area contributed by atoms with Gasteiger partial charge in [0.25, 0.3) is 5.91 Å². The van der Waals surface area contributed by atoms with Crippen molar-refractivity contribution in [3.63, 3.8) is 0 Å². The zero-order valence-electron chi connectivity index (χ0n) is 15.9. The molecule has 4 rings (SSSR count). The van der Waals surface area contributed by atoms with Crippen LogP contribution in [0.5, 0.6) is 0 Å². The molecule has 0 bridgehead atoms. The number of fused-ring (bicyclic) bond motifs is 2. The number of hydrogen-bond acceptors (Lipinski definition) is 5. The Morgan fingerprint density at radius 3 is 2.79 bits per heavy atom. The lowest BCUT2D eigenvalue weighted by molar-refractivity contribution is -0.121. The van der Waals surface area contributed by atoms with Gasteiger partial charge in [0, 0.05) is 33.7 Å². The summed E-state index contributed by atoms with van der Waals surface area (Å²) < 4.78 is 5.30. The minimum atomic E-state index is -0.688. The third kappa shape index (κ3) is 4.05. The summed E-state index contributed by atoms with van der Waals surface area (Å²) in [5, 5.41) is 0.966. The summed E-state index contributed by atoms with van der Waals surface area (Å²) in [7, 11) is 0. The van der Waals surface area contributed by atoms with E-state index in [1.54, 1.807) is 40.9 Å². The van der Waals surface area contributed by atoms with E-state index in [4.69, 9.17) is 4.74 Å². The number of benzene rings is 2. The van der Waals surface area contributed by atoms with Gasteiger partial charge in [-0.3, -0.25) is 9.59 Å². The number of para-hydroxylation sites is 2. The van der Waals surface area contributed by atoms with E-state index >= 15 is 0 Å². The molecule has 1 atom stereocenters. The molecule has 7 heteroatoms. The number of H-pyrrole nitrogens is 1. The molecule has 0 unspecified atom stereocenters. The zero-order valence-corrected chi connectivity index (χ0v) is 16.7. The van der Waals surface area contributed by atoms with Crippen molar-refractivity contribution in [2.75, 3.05) is 18.1 Å². The van der Waals surface area contributed by atoms with Crippen molar-refractivity contribution in [1.29, 1.82) is 0 Å². The average molecular weight is 408 g/mol. The number of aromatic nitrogens is 1. The Labute approximate surface area is 171 Å². The first-order chi connectivity index (χ1) is 14.0. The van der Waals surface area contributed by atoms with Gasteiger partial charge in [-0.15, -0.1) is 11.8 Å². The lowest BCUT2D eigenvalue weighted by Crippen LogP contribution is -2.35. The van der Waals surface area contributed by atoms with Crippen LogP contribution in [-0.4, -0.2) is 35.3 Å². The molecule has 6 nitrogen and oxygen atoms in total. The zero-order chi connectivity index (χ0) is 20.4. The minimum absolute atomic E-state index is 0.151. The molecule has 29 heavy (non-hydrogen) atoms. The third-order valence-electron chi connectivity index (χ3n) is 4.84. The van der Waals surface area contributed by atoms with Crippen LogP contribution >= 0.6 is 11.8 Å². The van der Waals surface area contributed by atoms with Crippen molar-refractivity contribution in [2.24, 2.45) is 0 Å². The van der Waals surface area contributed by atoms with E-state index in [1.807, 2.05) is 24.3 Å². The standard InChI is InChI=1S/C22H20N2O4S/c1-14-10-11-24(18-8-4-5-9-19(18)29-14)21(26)13-28-22(27)16-12-20(25)23-17-7-3-2-6-15(16)17/h2-9,12,14H,10-11,13H2,1H3,(H,23,25)/t14-/m0/s1. The van der Waals surface area contributed by atoms with E-state index in [1.165, 1.54) is 6.07 Å². The fourth-order valence-electron chi connectivity index (χ4n) is 3.40. The Morgan fingerprint density at radius 1 is 1.17 bits per heavy atom. The van der Waals surface area contributed by atoms with E-state index in [9.17, 15) is 14.4 Å². The number of aromatic amines is 1. The lowest BCUT2D eigenvalue weighted by Gasteiger charge is -2.22. The predicted octanol–water partition coefficient (Wildman–Crippen LogP) is 3.60. The summed E-state index contributed by atoms with van der Waals surface area (Å²) in [6.45, 7) is 2.32. The molecule has 0 aliphatic carbocycles. The van der Waals surface area contributed by atoms with E-state index in [2.05, 4.69) is 11.9 Å². The van der Waals surface area contributed by atoms with Gasteiger partial charge in [-0.05, 0) is 24.6 Å². The van der Waals surface area contributed by atoms with Crippen LogP contribution in [0.2, 0.25) is 0 Å². The second-order valence-electron chi connectivity index (χ2n) is 6.90. The molecule has 0 spiro atoms. The molecule has 1 N–H and O–H groups in total. The number of carbonyl (C=O) groups excluding carboxylic acids is 2. The average Bonchev–Trinajstić information content (AvgIpc) is 2.89. The van der Waals surface area contributed by atoms with Crippen molar-refractivity contribution in [1.82, 2.24) is 4.98 Å². The number of ether oxygens (including phenoxy) is 1. The van der Waals surface area contributed by atoms with Gasteiger partial charge < -0.3 is 14.6 Å². The van der Waals surface area contributed by atoms with Crippen molar-refractivity contribution in [3.05, 3.63) is 70.5 Å². The quantitative estimate of drug-likeness (QED) is 0.670. The number of nitrogens with zero attached hydrogens (tertiary/aromatic N) is 1. The SMILES string of the molecule is C[C@H]1CCN(C(=O)COC(=O)c2cc(=O)[nH]c3ccccc23)c2ccccc2S1. The number of rotatable bonds is 3. The van der Waals surface area contributed by atoms with E-state index in [-0.39, 0.29) is 18.1 Å². The smallest absolute Gasteiger partial charge is 0.339 e. The van der Waals surface area contributed by atoms with Gasteiger partial charge in [0.05, 0.1) is 11.3 Å². The highest BCUT2D eigenvalue weighted by atomic mass is 32.2. The molecule has 1 amide bonds. The second-order valence-corrected chi connectivity index (χ2v) is 8.38. The highest BCUT2D eigenvalue weighted by molar-refractivity contribution is 8.00. The van der Waals surface area contributed by atoms with Crippen LogP contribution in [0.15, 0.2) is 64.3 Å². The normalized spacial score (nSPS) is 16.2. The van der Waals surface area contributed by atoms with Crippen LogP contribution in [0.1, 0.15) is 23.7 Å². The molecule has 0 saturated carbocycles. The predicted molar refractivity (Wildman–Crippen MR) is 114 cm³/mol. The maximum atomic E-state index is 12.9. The van der Waals surface area contributed by atoms with Gasteiger partial charge >= 0.3 is 5.97 Å². The summed E-state index contributed by atoms with van der Waals surface area (Å²) in [4.78, 5) is 42.7. The maximum Gasteiger partial charge on any atom is 0.339 e. The molecule has 2 heterocycles. The molecule has 148 valence electrons. The second kappa shape index (κ2) is 8.13. The molecule has 3 aromatic rings. The lowest BCUT2D eigenvalue weighted by atomic mass is 10.1. The molecular formula is C22H20N2O4S. The van der Waals surface area contributed by atoms with Crippen LogP contribution in [0.3, 0.4) is 0 Å². The third-order valence-corrected chi connectivity index (χ3v) is 6.08. The molecule has 0 radical (unpaired) electrons. The molecule has 0 saturated heterocycles. The molecule has 0 fully saturated rings. The fraction of sp³-hybridized carbons (Fsp3) is 0.227. The number of carbonyl (C=O) groups is 2. The number of amides is 1. The Hall–Kier alpha value is -3.06. The van der Waals surface area contributed by atoms with E-state index in [0.29, 0.717) is 22.7 Å². The van der Waals surface area contributed by atoms with Crippen molar-refractivity contribution in [2.45, 2.75) is 23.5 Å². The summed E-state index contributed by atoms with van der Waals surface area (Å²) in [6, 6.07) is 15.9. The Bertz CT molecular complexity index is 1140. The first-order valence-electron chi connectivity index (χ1n) is 9.38. The number of esters is 1. The molecule has 2 aromatic carbocycles. The van der Waals surface area contributed by atoms with Crippen LogP contribution in [0.4, 0.5) is 5.69 Å². The summed E-state index contributed by atoms with van der Waals surface area (Å²) in [6.07, 6.45) is 0.845. The minimum Gasteiger partial charge on any atom is -0.452 e. The highest BCUT2D eigenvalue weighted by Gasteiger charge is 2.25. The van der Waals surface area contributed by atoms with Gasteiger partial charge in [0.1, 0.15) is 0 Å². The maximum absolute atomic E-state index is 12.9. The fourth-order valence-corrected chi connectivity index (χ4v) is 4.52. The Kier molecular flexibility index (Phi) is 5.40. The van der Waals surface area contributed by atoms with Crippen molar-refractivity contribution in [3.8, 4) is 0 Å². The number of anilines is 1. The number of nitrogens with one attached hydrogen (secondary N) is 1. The number of thioether (sulfide) groups is 1. The molecule has 1 aliphatic heterocycles. The van der Waals surface area contributed by atoms with Gasteiger partial charge in [-0.2, -0.15) is 0 Å². The summed E-state index contributed by atoms with van der Waals surface area (Å²) >= 11 is 1.74. The largest absolute Gasteiger partial charge is 0.452 e. The van der Waals surface area contributed by atoms with Gasteiger partial charge in [-0.25, -0.2) is 4.79 Å². The molecule has 1 aromatic heterocycles. The Morgan fingerprint density at radius 2 is 1.93 bits per heavy atom. The van der Waals surface area contributed by atoms with Crippen LogP contribution in [0, 0.1) is 0 Å². The molecular weight excluding hydrogens is 388 g/mol. The Balaban J connectivity index is 1.53. The van der Waals surface area contributed by atoms with E-state index in [0.717, 1.165) is 17.0 Å². The van der Waals surface area contributed by atoms with Gasteiger partial charge in [-0.1, -0.05) is 37.3 Å². The van der Waals surface area contributed by atoms with Crippen LogP contribution < -0.4 is 10.5 Å². The van der Waals surface area contributed by atoms with Crippen molar-refractivity contribution >= 4 is 40.2 Å². The first-order valence-corrected chi connectivity index (χ1v) is 10.3. The first kappa shape index (κ1) is 19.3.